The molecule has 1 amide bonds. The SMILES string of the molecule is COc1cccc(CCNc2ncc(C(=O)NCCN(C)C)cn2)c1. The van der Waals surface area contributed by atoms with Crippen LogP contribution in [0.15, 0.2) is 36.7 Å². The van der Waals surface area contributed by atoms with Crippen molar-refractivity contribution >= 4 is 11.9 Å². The monoisotopic (exact) mass is 343 g/mol. The molecule has 0 unspecified atom stereocenters. The second-order valence-corrected chi connectivity index (χ2v) is 5.88. The molecule has 1 aromatic carbocycles. The van der Waals surface area contributed by atoms with Crippen LogP contribution in [0.4, 0.5) is 5.95 Å². The van der Waals surface area contributed by atoms with Gasteiger partial charge >= 0.3 is 0 Å². The minimum Gasteiger partial charge on any atom is -0.497 e. The smallest absolute Gasteiger partial charge is 0.254 e. The van der Waals surface area contributed by atoms with Crippen molar-refractivity contribution in [3.63, 3.8) is 0 Å². The summed E-state index contributed by atoms with van der Waals surface area (Å²) in [7, 11) is 5.58. The lowest BCUT2D eigenvalue weighted by molar-refractivity contribution is 0.0950. The minimum atomic E-state index is -0.162. The lowest BCUT2D eigenvalue weighted by Gasteiger charge is -2.10. The minimum absolute atomic E-state index is 0.162. The molecule has 2 N–H and O–H groups in total. The Balaban J connectivity index is 1.78. The summed E-state index contributed by atoms with van der Waals surface area (Å²) >= 11 is 0. The number of methoxy groups -OCH3 is 1. The van der Waals surface area contributed by atoms with Gasteiger partial charge in [-0.05, 0) is 38.2 Å². The van der Waals surface area contributed by atoms with Crippen LogP contribution < -0.4 is 15.4 Å². The van der Waals surface area contributed by atoms with E-state index in [0.29, 0.717) is 24.6 Å². The third-order valence-electron chi connectivity index (χ3n) is 3.59. The fourth-order valence-electron chi connectivity index (χ4n) is 2.18. The number of aromatic nitrogens is 2. The van der Waals surface area contributed by atoms with Crippen LogP contribution in [-0.2, 0) is 6.42 Å². The molecule has 1 aromatic heterocycles. The molecular weight excluding hydrogens is 318 g/mol. The Morgan fingerprint density at radius 1 is 1.20 bits per heavy atom. The zero-order valence-corrected chi connectivity index (χ0v) is 15.0. The van der Waals surface area contributed by atoms with Gasteiger partial charge in [-0.15, -0.1) is 0 Å². The first-order valence-corrected chi connectivity index (χ1v) is 8.20. The summed E-state index contributed by atoms with van der Waals surface area (Å²) in [6.07, 6.45) is 3.89. The molecule has 25 heavy (non-hydrogen) atoms. The Bertz CT molecular complexity index is 673. The van der Waals surface area contributed by atoms with Gasteiger partial charge in [0, 0.05) is 32.0 Å². The lowest BCUT2D eigenvalue weighted by atomic mass is 10.1. The molecular formula is C18H25N5O2. The quantitative estimate of drug-likeness (QED) is 0.717. The van der Waals surface area contributed by atoms with Crippen LogP contribution >= 0.6 is 0 Å². The summed E-state index contributed by atoms with van der Waals surface area (Å²) in [5.41, 5.74) is 1.63. The molecule has 0 saturated carbocycles. The highest BCUT2D eigenvalue weighted by molar-refractivity contribution is 5.93. The maximum Gasteiger partial charge on any atom is 0.254 e. The van der Waals surface area contributed by atoms with Crippen LogP contribution in [0.3, 0.4) is 0 Å². The van der Waals surface area contributed by atoms with E-state index in [9.17, 15) is 4.79 Å². The predicted molar refractivity (Wildman–Crippen MR) is 98.1 cm³/mol. The first-order chi connectivity index (χ1) is 12.1. The molecule has 0 saturated heterocycles. The summed E-state index contributed by atoms with van der Waals surface area (Å²) < 4.78 is 5.21. The number of carbonyl (C=O) groups excluding carboxylic acids is 1. The normalized spacial score (nSPS) is 10.6. The highest BCUT2D eigenvalue weighted by Crippen LogP contribution is 2.13. The van der Waals surface area contributed by atoms with E-state index in [1.165, 1.54) is 18.0 Å². The summed E-state index contributed by atoms with van der Waals surface area (Å²) in [5.74, 6) is 1.19. The number of rotatable bonds is 9. The molecule has 0 bridgehead atoms. The maximum absolute atomic E-state index is 12.0. The Morgan fingerprint density at radius 3 is 2.64 bits per heavy atom. The number of anilines is 1. The van der Waals surface area contributed by atoms with Crippen LogP contribution in [0.2, 0.25) is 0 Å². The molecule has 0 radical (unpaired) electrons. The molecule has 0 aliphatic rings. The van der Waals surface area contributed by atoms with E-state index in [1.54, 1.807) is 7.11 Å². The van der Waals surface area contributed by atoms with E-state index in [-0.39, 0.29) is 5.91 Å². The van der Waals surface area contributed by atoms with Crippen LogP contribution in [-0.4, -0.2) is 61.6 Å². The topological polar surface area (TPSA) is 79.4 Å². The maximum atomic E-state index is 12.0. The molecule has 0 fully saturated rings. The van der Waals surface area contributed by atoms with Crippen LogP contribution in [0.25, 0.3) is 0 Å². The third kappa shape index (κ3) is 6.39. The molecule has 1 heterocycles. The number of hydrogen-bond acceptors (Lipinski definition) is 6. The average Bonchev–Trinajstić information content (AvgIpc) is 2.62. The van der Waals surface area contributed by atoms with Crippen molar-refractivity contribution in [1.29, 1.82) is 0 Å². The van der Waals surface area contributed by atoms with Crippen molar-refractivity contribution in [2.45, 2.75) is 6.42 Å². The zero-order chi connectivity index (χ0) is 18.1. The van der Waals surface area contributed by atoms with Crippen LogP contribution in [0.1, 0.15) is 15.9 Å². The van der Waals surface area contributed by atoms with E-state index < -0.39 is 0 Å². The Labute approximate surface area is 148 Å². The summed E-state index contributed by atoms with van der Waals surface area (Å²) in [6.45, 7) is 2.07. The fourth-order valence-corrected chi connectivity index (χ4v) is 2.18. The number of hydrogen-bond donors (Lipinski definition) is 2. The van der Waals surface area contributed by atoms with E-state index in [2.05, 4.69) is 20.6 Å². The Morgan fingerprint density at radius 2 is 1.96 bits per heavy atom. The van der Waals surface area contributed by atoms with Gasteiger partial charge in [-0.25, -0.2) is 9.97 Å². The van der Waals surface area contributed by atoms with Crippen molar-refractivity contribution < 1.29 is 9.53 Å². The second kappa shape index (κ2) is 9.58. The summed E-state index contributed by atoms with van der Waals surface area (Å²) in [5, 5.41) is 5.99. The van der Waals surface area contributed by atoms with Gasteiger partial charge in [-0.3, -0.25) is 4.79 Å². The first kappa shape index (κ1) is 18.7. The van der Waals surface area contributed by atoms with Crippen molar-refractivity contribution in [3.8, 4) is 5.75 Å². The number of ether oxygens (including phenoxy) is 1. The van der Waals surface area contributed by atoms with E-state index in [4.69, 9.17) is 4.74 Å². The zero-order valence-electron chi connectivity index (χ0n) is 15.0. The van der Waals surface area contributed by atoms with Gasteiger partial charge in [-0.2, -0.15) is 0 Å². The van der Waals surface area contributed by atoms with E-state index in [1.807, 2.05) is 43.3 Å². The summed E-state index contributed by atoms with van der Waals surface area (Å²) in [4.78, 5) is 22.3. The highest BCUT2D eigenvalue weighted by atomic mass is 16.5. The second-order valence-electron chi connectivity index (χ2n) is 5.88. The molecule has 0 aliphatic carbocycles. The van der Waals surface area contributed by atoms with Gasteiger partial charge in [0.1, 0.15) is 5.75 Å². The molecule has 2 aromatic rings. The predicted octanol–water partition coefficient (Wildman–Crippen LogP) is 1.43. The lowest BCUT2D eigenvalue weighted by Crippen LogP contribution is -2.31. The van der Waals surface area contributed by atoms with Crippen molar-refractivity contribution in [2.24, 2.45) is 0 Å². The molecule has 7 heteroatoms. The van der Waals surface area contributed by atoms with Crippen LogP contribution in [0.5, 0.6) is 5.75 Å². The molecule has 134 valence electrons. The van der Waals surface area contributed by atoms with Gasteiger partial charge in [0.15, 0.2) is 0 Å². The number of carbonyl (C=O) groups is 1. The number of benzene rings is 1. The van der Waals surface area contributed by atoms with Gasteiger partial charge in [0.25, 0.3) is 5.91 Å². The number of likely N-dealkylation sites (N-methyl/N-ethyl adjacent to an activating group) is 1. The molecule has 0 aliphatic heterocycles. The van der Waals surface area contributed by atoms with Crippen molar-refractivity contribution in [3.05, 3.63) is 47.8 Å². The molecule has 0 spiro atoms. The Kier molecular flexibility index (Phi) is 7.16. The molecule has 0 atom stereocenters. The average molecular weight is 343 g/mol. The van der Waals surface area contributed by atoms with E-state index >= 15 is 0 Å². The van der Waals surface area contributed by atoms with E-state index in [0.717, 1.165) is 18.7 Å². The summed E-state index contributed by atoms with van der Waals surface area (Å²) in [6, 6.07) is 7.94. The third-order valence-corrected chi connectivity index (χ3v) is 3.59. The number of nitrogens with one attached hydrogen (secondary N) is 2. The number of nitrogens with zero attached hydrogens (tertiary/aromatic N) is 3. The van der Waals surface area contributed by atoms with Crippen molar-refractivity contribution in [2.75, 3.05) is 46.2 Å². The Hall–Kier alpha value is -2.67. The van der Waals surface area contributed by atoms with Gasteiger partial charge in [0.2, 0.25) is 5.95 Å². The first-order valence-electron chi connectivity index (χ1n) is 8.20. The van der Waals surface area contributed by atoms with Gasteiger partial charge in [-0.1, -0.05) is 12.1 Å². The van der Waals surface area contributed by atoms with Crippen LogP contribution in [0, 0.1) is 0 Å². The fraction of sp³-hybridized carbons (Fsp3) is 0.389. The van der Waals surface area contributed by atoms with Gasteiger partial charge in [0.05, 0.1) is 12.7 Å². The standard InChI is InChI=1S/C18H25N5O2/c1-23(2)10-9-19-17(24)15-12-21-18(22-13-15)20-8-7-14-5-4-6-16(11-14)25-3/h4-6,11-13H,7-10H2,1-3H3,(H,19,24)(H,20,21,22). The number of amides is 1. The van der Waals surface area contributed by atoms with Gasteiger partial charge < -0.3 is 20.3 Å². The largest absolute Gasteiger partial charge is 0.497 e. The molecule has 2 rings (SSSR count). The van der Waals surface area contributed by atoms with Crippen molar-refractivity contribution in [1.82, 2.24) is 20.2 Å². The highest BCUT2D eigenvalue weighted by Gasteiger charge is 2.06. The molecule has 7 nitrogen and oxygen atoms in total.